The second-order valence-corrected chi connectivity index (χ2v) is 9.81. The van der Waals surface area contributed by atoms with E-state index in [0.29, 0.717) is 0 Å². The highest BCUT2D eigenvalue weighted by Crippen LogP contribution is 2.47. The van der Waals surface area contributed by atoms with Crippen molar-refractivity contribution in [3.8, 4) is 0 Å². The van der Waals surface area contributed by atoms with Crippen molar-refractivity contribution in [1.82, 2.24) is 9.79 Å². The summed E-state index contributed by atoms with van der Waals surface area (Å²) in [5.41, 5.74) is 0. The summed E-state index contributed by atoms with van der Waals surface area (Å²) in [5, 5.41) is 0. The Morgan fingerprint density at radius 1 is 1.16 bits per heavy atom. The first-order valence-electron chi connectivity index (χ1n) is 7.90. The molecule has 25 heavy (non-hydrogen) atoms. The van der Waals surface area contributed by atoms with Crippen LogP contribution in [0, 0.1) is 0 Å². The van der Waals surface area contributed by atoms with Crippen molar-refractivity contribution in [1.29, 1.82) is 0 Å². The highest BCUT2D eigenvalue weighted by atomic mass is 32.3. The second kappa shape index (κ2) is 7.92. The van der Waals surface area contributed by atoms with E-state index < -0.39 is 26.7 Å². The molecule has 8 nitrogen and oxygen atoms in total. The van der Waals surface area contributed by atoms with Gasteiger partial charge in [0.2, 0.25) is 0 Å². The molecule has 0 saturated heterocycles. The van der Waals surface area contributed by atoms with Gasteiger partial charge in [-0.05, 0) is 29.9 Å². The van der Waals surface area contributed by atoms with E-state index in [9.17, 15) is 22.3 Å². The fraction of sp³-hybridized carbons (Fsp3) is 0.533. The van der Waals surface area contributed by atoms with Crippen LogP contribution in [0.3, 0.4) is 0 Å². The maximum absolute atomic E-state index is 12.1. The molecule has 1 aromatic rings. The van der Waals surface area contributed by atoms with Gasteiger partial charge in [-0.1, -0.05) is 42.2 Å². The molecular weight excluding hydrogens is 368 g/mol. The Bertz CT molecular complexity index is 716. The lowest BCUT2D eigenvalue weighted by Gasteiger charge is -2.35. The number of sulfone groups is 1. The number of hydrogen-bond donors (Lipinski definition) is 3. The zero-order chi connectivity index (χ0) is 18.7. The van der Waals surface area contributed by atoms with Gasteiger partial charge in [0, 0.05) is 19.3 Å². The first kappa shape index (κ1) is 20.0. The van der Waals surface area contributed by atoms with Crippen LogP contribution in [0.5, 0.6) is 0 Å². The molecule has 2 rings (SSSR count). The average molecular weight is 392 g/mol. The number of carbonyl (C=O) groups is 1. The Hall–Kier alpha value is -1.33. The maximum Gasteiger partial charge on any atom is 0.430 e. The third kappa shape index (κ3) is 5.08. The molecule has 1 aliphatic carbocycles. The smallest absolute Gasteiger partial charge is 0.333 e. The maximum atomic E-state index is 12.1. The van der Waals surface area contributed by atoms with Crippen LogP contribution in [0.1, 0.15) is 32.1 Å². The van der Waals surface area contributed by atoms with Crippen molar-refractivity contribution < 1.29 is 27.2 Å². The van der Waals surface area contributed by atoms with Crippen LogP contribution in [0.4, 0.5) is 4.79 Å². The van der Waals surface area contributed by atoms with Gasteiger partial charge in [0.1, 0.15) is 0 Å². The molecule has 0 radical (unpaired) electrons. The lowest BCUT2D eigenvalue weighted by Crippen LogP contribution is -2.41. The van der Waals surface area contributed by atoms with Crippen molar-refractivity contribution in [2.45, 2.75) is 47.9 Å². The molecule has 0 unspecified atom stereocenters. The van der Waals surface area contributed by atoms with Gasteiger partial charge < -0.3 is 9.74 Å². The third-order valence-corrected chi connectivity index (χ3v) is 6.78. The molecule has 1 amide bonds. The number of carbonyl (C=O) groups excluding carboxylic acids is 1. The Balaban J connectivity index is 2.08. The summed E-state index contributed by atoms with van der Waals surface area (Å²) in [7, 11) is -5.92. The summed E-state index contributed by atoms with van der Waals surface area (Å²) in [4.78, 5) is 19.8. The average Bonchev–Trinajstić information content (AvgIpc) is 2.59. The van der Waals surface area contributed by atoms with E-state index in [2.05, 4.69) is 0 Å². The molecule has 10 heteroatoms. The molecule has 0 aromatic heterocycles. The minimum Gasteiger partial charge on any atom is -0.333 e. The molecule has 1 saturated carbocycles. The first-order valence-corrected chi connectivity index (χ1v) is 11.3. The fourth-order valence-corrected chi connectivity index (χ4v) is 5.28. The second-order valence-electron chi connectivity index (χ2n) is 6.12. The minimum absolute atomic E-state index is 0.0492. The van der Waals surface area contributed by atoms with Crippen LogP contribution < -0.4 is 4.89 Å². The van der Waals surface area contributed by atoms with Crippen molar-refractivity contribution in [2.24, 2.45) is 0 Å². The van der Waals surface area contributed by atoms with Crippen LogP contribution >= 0.6 is 10.8 Å². The van der Waals surface area contributed by atoms with Gasteiger partial charge in [0.25, 0.3) is 0 Å². The van der Waals surface area contributed by atoms with E-state index in [4.69, 9.17) is 4.84 Å². The van der Waals surface area contributed by atoms with Gasteiger partial charge in [-0.3, -0.25) is 9.11 Å². The Kier molecular flexibility index (Phi) is 6.33. The molecule has 1 aromatic carbocycles. The number of nitrogens with zero attached hydrogens (tertiary/aromatic N) is 1. The van der Waals surface area contributed by atoms with Gasteiger partial charge in [0.15, 0.2) is 9.84 Å². The lowest BCUT2D eigenvalue weighted by molar-refractivity contribution is 0.0687. The van der Waals surface area contributed by atoms with Crippen molar-refractivity contribution in [3.63, 3.8) is 0 Å². The van der Waals surface area contributed by atoms with Crippen LogP contribution in [-0.4, -0.2) is 47.9 Å². The summed E-state index contributed by atoms with van der Waals surface area (Å²) in [5.74, 6) is 0. The standard InChI is InChI=1S/C15H24N2O6S2/c1-17(12-8-4-3-5-9-12)15(18)23-16-25(21,22)14-11-7-6-10-13(14)24(2,19)20/h6-7,10-12,16,21-22H,3-5,8-9H2,1-2H3. The molecule has 3 N–H and O–H groups in total. The fourth-order valence-electron chi connectivity index (χ4n) is 2.82. The van der Waals surface area contributed by atoms with E-state index >= 15 is 0 Å². The van der Waals surface area contributed by atoms with Crippen molar-refractivity contribution in [2.75, 3.05) is 13.3 Å². The molecule has 0 spiro atoms. The highest BCUT2D eigenvalue weighted by molar-refractivity contribution is 8.22. The number of rotatable bonds is 5. The minimum atomic E-state index is -3.83. The zero-order valence-electron chi connectivity index (χ0n) is 14.2. The van der Waals surface area contributed by atoms with E-state index in [1.807, 2.05) is 4.89 Å². The molecule has 1 aliphatic rings. The number of benzene rings is 1. The van der Waals surface area contributed by atoms with Gasteiger partial charge in [0.05, 0.1) is 9.79 Å². The monoisotopic (exact) mass is 392 g/mol. The normalized spacial score (nSPS) is 17.1. The van der Waals surface area contributed by atoms with E-state index in [1.165, 1.54) is 29.2 Å². The molecule has 0 atom stereocenters. The quantitative estimate of drug-likeness (QED) is 0.660. The van der Waals surface area contributed by atoms with Crippen LogP contribution in [0.25, 0.3) is 0 Å². The summed E-state index contributed by atoms with van der Waals surface area (Å²) in [6.07, 6.45) is 5.17. The molecule has 1 fully saturated rings. The lowest BCUT2D eigenvalue weighted by atomic mass is 9.95. The van der Waals surface area contributed by atoms with Gasteiger partial charge in [-0.25, -0.2) is 13.2 Å². The molecule has 0 aliphatic heterocycles. The Morgan fingerprint density at radius 2 is 1.72 bits per heavy atom. The van der Waals surface area contributed by atoms with Crippen LogP contribution in [0.2, 0.25) is 0 Å². The summed E-state index contributed by atoms with van der Waals surface area (Å²) >= 11 is 0. The molecule has 0 bridgehead atoms. The topological polar surface area (TPSA) is 116 Å². The summed E-state index contributed by atoms with van der Waals surface area (Å²) in [6.45, 7) is 0. The number of nitrogens with one attached hydrogen (secondary N) is 1. The summed E-state index contributed by atoms with van der Waals surface area (Å²) in [6, 6.07) is 5.51. The van der Waals surface area contributed by atoms with E-state index in [1.54, 1.807) is 7.05 Å². The molecule has 142 valence electrons. The van der Waals surface area contributed by atoms with Gasteiger partial charge in [-0.2, -0.15) is 0 Å². The Labute approximate surface area is 149 Å². The number of amides is 1. The first-order chi connectivity index (χ1) is 11.6. The van der Waals surface area contributed by atoms with Gasteiger partial charge in [-0.15, -0.1) is 0 Å². The predicted octanol–water partition coefficient (Wildman–Crippen LogP) is 3.02. The predicted molar refractivity (Wildman–Crippen MR) is 94.9 cm³/mol. The third-order valence-electron chi connectivity index (χ3n) is 4.21. The molecular formula is C15H24N2O6S2. The van der Waals surface area contributed by atoms with Crippen LogP contribution in [0.15, 0.2) is 34.1 Å². The Morgan fingerprint density at radius 3 is 2.28 bits per heavy atom. The van der Waals surface area contributed by atoms with Crippen molar-refractivity contribution >= 4 is 26.7 Å². The highest BCUT2D eigenvalue weighted by Gasteiger charge is 2.28. The largest absolute Gasteiger partial charge is 0.430 e. The molecule has 0 heterocycles. The SMILES string of the molecule is CN(C(=O)ONS(O)(O)c1ccccc1S(C)(=O)=O)C1CCCCC1. The van der Waals surface area contributed by atoms with Crippen LogP contribution in [-0.2, 0) is 14.7 Å². The van der Waals surface area contributed by atoms with Crippen molar-refractivity contribution in [3.05, 3.63) is 24.3 Å². The zero-order valence-corrected chi connectivity index (χ0v) is 15.8. The summed E-state index contributed by atoms with van der Waals surface area (Å²) < 4.78 is 44.1. The van der Waals surface area contributed by atoms with E-state index in [-0.39, 0.29) is 15.8 Å². The van der Waals surface area contributed by atoms with Gasteiger partial charge >= 0.3 is 6.09 Å². The van der Waals surface area contributed by atoms with E-state index in [0.717, 1.165) is 38.4 Å². The number of hydrogen-bond acceptors (Lipinski definition) is 7.